The van der Waals surface area contributed by atoms with Crippen molar-refractivity contribution in [3.63, 3.8) is 0 Å². The summed E-state index contributed by atoms with van der Waals surface area (Å²) in [4.78, 5) is 0. The molecule has 0 heterocycles. The van der Waals surface area contributed by atoms with Gasteiger partial charge in [0.15, 0.2) is 5.60 Å². The molecule has 2 nitrogen and oxygen atoms in total. The highest BCUT2D eigenvalue weighted by molar-refractivity contribution is 4.75. The average Bonchev–Trinajstić information content (AvgIpc) is 1.86. The minimum atomic E-state index is -2.71. The summed E-state index contributed by atoms with van der Waals surface area (Å²) >= 11 is 0. The number of methoxy groups -OCH3 is 1. The summed E-state index contributed by atoms with van der Waals surface area (Å²) < 4.78 is 27.8. The highest BCUT2D eigenvalue weighted by Crippen LogP contribution is 2.17. The van der Waals surface area contributed by atoms with E-state index in [1.165, 1.54) is 0 Å². The van der Waals surface area contributed by atoms with E-state index in [-0.39, 0.29) is 0 Å². The Balaban J connectivity index is 3.92. The zero-order valence-electron chi connectivity index (χ0n) is 5.36. The first kappa shape index (κ1) is 8.78. The predicted octanol–water partition coefficient (Wildman–Crippen LogP) is 1.09. The summed E-state index contributed by atoms with van der Waals surface area (Å²) in [6.45, 7) is 0.172. The fourth-order valence-electron chi connectivity index (χ4n) is 0.211. The Morgan fingerprint density at radius 1 is 1.67 bits per heavy atom. The maximum Gasteiger partial charge on any atom is 0.269 e. The van der Waals surface area contributed by atoms with Crippen molar-refractivity contribution in [1.29, 1.82) is 0 Å². The van der Waals surface area contributed by atoms with E-state index in [4.69, 9.17) is 0 Å². The number of hydrogen-bond donors (Lipinski definition) is 0. The predicted molar refractivity (Wildman–Crippen MR) is 27.0 cm³/mol. The minimum Gasteiger partial charge on any atom is -0.370 e. The van der Waals surface area contributed by atoms with Crippen molar-refractivity contribution in [3.8, 4) is 0 Å². The molecule has 0 aromatic heterocycles. The van der Waals surface area contributed by atoms with Crippen LogP contribution in [0.3, 0.4) is 0 Å². The van der Waals surface area contributed by atoms with Gasteiger partial charge in [-0.1, -0.05) is 0 Å². The second-order valence-corrected chi connectivity index (χ2v) is 1.96. The standard InChI is InChI=1S/C5H9F2O2/c1-5(3-8,9-2)4(6)7/h4H,3H2,1-2H3. The second kappa shape index (κ2) is 3.08. The van der Waals surface area contributed by atoms with Gasteiger partial charge in [-0.15, -0.1) is 0 Å². The van der Waals surface area contributed by atoms with Crippen LogP contribution in [0.15, 0.2) is 0 Å². The van der Waals surface area contributed by atoms with E-state index in [0.717, 1.165) is 14.0 Å². The maximum absolute atomic E-state index is 11.8. The molecule has 0 aliphatic heterocycles. The fraction of sp³-hybridized carbons (Fsp3) is 1.00. The molecule has 0 N–H and O–H groups in total. The van der Waals surface area contributed by atoms with Gasteiger partial charge in [0.2, 0.25) is 0 Å². The summed E-state index contributed by atoms with van der Waals surface area (Å²) in [5.74, 6) is 0. The van der Waals surface area contributed by atoms with E-state index in [1.54, 1.807) is 0 Å². The fourth-order valence-corrected chi connectivity index (χ4v) is 0.211. The van der Waals surface area contributed by atoms with Crippen LogP contribution in [0.1, 0.15) is 6.92 Å². The molecule has 0 aromatic carbocycles. The van der Waals surface area contributed by atoms with E-state index in [0.29, 0.717) is 0 Å². The van der Waals surface area contributed by atoms with Crippen LogP contribution >= 0.6 is 0 Å². The smallest absolute Gasteiger partial charge is 0.269 e. The summed E-state index contributed by atoms with van der Waals surface area (Å²) in [5, 5.41) is 10.0. The Morgan fingerprint density at radius 2 is 2.11 bits per heavy atom. The van der Waals surface area contributed by atoms with E-state index in [1.807, 2.05) is 0 Å². The number of hydrogen-bond acceptors (Lipinski definition) is 1. The van der Waals surface area contributed by atoms with Crippen molar-refractivity contribution in [2.75, 3.05) is 13.7 Å². The maximum atomic E-state index is 11.8. The molecule has 0 fully saturated rings. The van der Waals surface area contributed by atoms with Crippen LogP contribution in [0.25, 0.3) is 0 Å². The Bertz CT molecular complexity index is 81.0. The minimum absolute atomic E-state index is 0.916. The molecule has 1 unspecified atom stereocenters. The molecule has 0 rings (SSSR count). The molecule has 55 valence electrons. The molecule has 0 saturated carbocycles. The molecule has 1 radical (unpaired) electrons. The van der Waals surface area contributed by atoms with Crippen molar-refractivity contribution in [1.82, 2.24) is 0 Å². The van der Waals surface area contributed by atoms with Crippen LogP contribution < -0.4 is 0 Å². The SMILES string of the molecule is COC(C)(C[O])C(F)F. The first-order valence-electron chi connectivity index (χ1n) is 2.48. The Kier molecular flexibility index (Phi) is 3.00. The van der Waals surface area contributed by atoms with Crippen LogP contribution in [0.4, 0.5) is 8.78 Å². The topological polar surface area (TPSA) is 29.1 Å². The van der Waals surface area contributed by atoms with E-state index >= 15 is 0 Å². The van der Waals surface area contributed by atoms with Gasteiger partial charge in [-0.2, -0.15) is 0 Å². The van der Waals surface area contributed by atoms with Crippen LogP contribution in [0.2, 0.25) is 0 Å². The van der Waals surface area contributed by atoms with Gasteiger partial charge in [0.25, 0.3) is 6.43 Å². The number of halogens is 2. The average molecular weight is 139 g/mol. The normalized spacial score (nSPS) is 18.0. The second-order valence-electron chi connectivity index (χ2n) is 1.96. The zero-order valence-corrected chi connectivity index (χ0v) is 5.36. The third kappa shape index (κ3) is 1.87. The van der Waals surface area contributed by atoms with Gasteiger partial charge in [0.05, 0.1) is 0 Å². The molecule has 1 atom stereocenters. The van der Waals surface area contributed by atoms with Crippen molar-refractivity contribution in [3.05, 3.63) is 0 Å². The van der Waals surface area contributed by atoms with Gasteiger partial charge in [-0.3, -0.25) is 0 Å². The lowest BCUT2D eigenvalue weighted by molar-refractivity contribution is -0.145. The zero-order chi connectivity index (χ0) is 7.49. The number of alkyl halides is 2. The largest absolute Gasteiger partial charge is 0.370 e. The third-order valence-electron chi connectivity index (χ3n) is 1.21. The Labute approximate surface area is 52.4 Å². The molecule has 9 heavy (non-hydrogen) atoms. The summed E-state index contributed by atoms with van der Waals surface area (Å²) in [5.41, 5.74) is -1.81. The molecule has 0 amide bonds. The molecule has 0 bridgehead atoms. The molecule has 0 spiro atoms. The van der Waals surface area contributed by atoms with Crippen molar-refractivity contribution in [2.45, 2.75) is 19.0 Å². The summed E-state index contributed by atoms with van der Waals surface area (Å²) in [6, 6.07) is 0. The highest BCUT2D eigenvalue weighted by atomic mass is 19.3. The van der Waals surface area contributed by atoms with Crippen LogP contribution in [0.5, 0.6) is 0 Å². The van der Waals surface area contributed by atoms with Gasteiger partial charge in [0.1, 0.15) is 6.61 Å². The van der Waals surface area contributed by atoms with Crippen LogP contribution in [0, 0.1) is 0 Å². The molecule has 0 aliphatic rings. The van der Waals surface area contributed by atoms with Gasteiger partial charge in [-0.05, 0) is 6.92 Å². The first-order valence-corrected chi connectivity index (χ1v) is 2.48. The van der Waals surface area contributed by atoms with Crippen molar-refractivity contribution >= 4 is 0 Å². The molecule has 4 heteroatoms. The molecule has 0 aromatic rings. The summed E-state index contributed by atoms with van der Waals surface area (Å²) in [7, 11) is 1.10. The number of rotatable bonds is 3. The molecule has 0 saturated heterocycles. The van der Waals surface area contributed by atoms with Gasteiger partial charge < -0.3 is 4.74 Å². The van der Waals surface area contributed by atoms with Crippen LogP contribution in [-0.4, -0.2) is 25.7 Å². The quantitative estimate of drug-likeness (QED) is 0.575. The lowest BCUT2D eigenvalue weighted by Gasteiger charge is -2.22. The summed E-state index contributed by atoms with van der Waals surface area (Å²) in [6.07, 6.45) is -2.71. The molecular weight excluding hydrogens is 130 g/mol. The number of ether oxygens (including phenoxy) is 1. The van der Waals surface area contributed by atoms with E-state index in [9.17, 15) is 13.9 Å². The van der Waals surface area contributed by atoms with Crippen molar-refractivity contribution < 1.29 is 18.6 Å². The van der Waals surface area contributed by atoms with Gasteiger partial charge in [-0.25, -0.2) is 13.9 Å². The lowest BCUT2D eigenvalue weighted by Crippen LogP contribution is -2.39. The van der Waals surface area contributed by atoms with Crippen LogP contribution in [-0.2, 0) is 9.84 Å². The monoisotopic (exact) mass is 139 g/mol. The van der Waals surface area contributed by atoms with Gasteiger partial charge in [0, 0.05) is 7.11 Å². The Morgan fingerprint density at radius 3 is 2.11 bits per heavy atom. The van der Waals surface area contributed by atoms with Gasteiger partial charge >= 0.3 is 0 Å². The van der Waals surface area contributed by atoms with E-state index in [2.05, 4.69) is 4.74 Å². The molecular formula is C5H9F2O2. The lowest BCUT2D eigenvalue weighted by atomic mass is 10.1. The van der Waals surface area contributed by atoms with Crippen molar-refractivity contribution in [2.24, 2.45) is 0 Å². The third-order valence-corrected chi connectivity index (χ3v) is 1.21. The Hall–Kier alpha value is -0.220. The van der Waals surface area contributed by atoms with E-state index < -0.39 is 18.6 Å². The molecule has 0 aliphatic carbocycles. The highest BCUT2D eigenvalue weighted by Gasteiger charge is 2.34. The first-order chi connectivity index (χ1) is 4.06.